The van der Waals surface area contributed by atoms with Gasteiger partial charge in [-0.3, -0.25) is 4.79 Å². The predicted molar refractivity (Wildman–Crippen MR) is 103 cm³/mol. The molecular weight excluding hydrogens is 363 g/mol. The largest absolute Gasteiger partial charge is 0.345 e. The maximum atomic E-state index is 12.8. The number of nitrogens with two attached hydrogens (primary N) is 1. The van der Waals surface area contributed by atoms with Crippen LogP contribution in [-0.2, 0) is 4.79 Å². The molecule has 6 heteroatoms. The molecule has 0 spiro atoms. The van der Waals surface area contributed by atoms with Crippen molar-refractivity contribution < 1.29 is 4.79 Å². The van der Waals surface area contributed by atoms with Crippen LogP contribution in [0.5, 0.6) is 0 Å². The minimum absolute atomic E-state index is 0. The Morgan fingerprint density at radius 1 is 1.25 bits per heavy atom. The molecule has 3 N–H and O–H groups in total. The smallest absolute Gasteiger partial charge is 0.224 e. The van der Waals surface area contributed by atoms with Gasteiger partial charge in [-0.1, -0.05) is 30.2 Å². The van der Waals surface area contributed by atoms with E-state index in [9.17, 15) is 4.79 Å². The first-order chi connectivity index (χ1) is 11.2. The Morgan fingerprint density at radius 3 is 2.62 bits per heavy atom. The van der Waals surface area contributed by atoms with Crippen LogP contribution in [0.4, 0.5) is 0 Å². The van der Waals surface area contributed by atoms with E-state index in [1.54, 1.807) is 11.3 Å². The molecule has 1 saturated carbocycles. The lowest BCUT2D eigenvalue weighted by Gasteiger charge is -2.23. The SMILES string of the molecule is Cl.NC[C@H]1CCC[C@H]1C(=O)NC(c1ccc(Cl)cc1)c1ccsc1. The Balaban J connectivity index is 0.00000208. The fourth-order valence-electron chi connectivity index (χ4n) is 3.37. The molecule has 2 aromatic rings. The van der Waals surface area contributed by atoms with Gasteiger partial charge in [-0.05, 0) is 65.4 Å². The van der Waals surface area contributed by atoms with Crippen molar-refractivity contribution in [2.75, 3.05) is 6.54 Å². The van der Waals surface area contributed by atoms with Gasteiger partial charge in [-0.25, -0.2) is 0 Å². The maximum Gasteiger partial charge on any atom is 0.224 e. The first kappa shape index (κ1) is 19.3. The second-order valence-corrected chi connectivity index (χ2v) is 7.30. The average molecular weight is 385 g/mol. The Hall–Kier alpha value is -1.07. The molecule has 24 heavy (non-hydrogen) atoms. The van der Waals surface area contributed by atoms with Gasteiger partial charge < -0.3 is 11.1 Å². The van der Waals surface area contributed by atoms with Crippen molar-refractivity contribution in [3.05, 3.63) is 57.2 Å². The summed E-state index contributed by atoms with van der Waals surface area (Å²) < 4.78 is 0. The molecule has 1 heterocycles. The number of carbonyl (C=O) groups is 1. The quantitative estimate of drug-likeness (QED) is 0.801. The van der Waals surface area contributed by atoms with Crippen LogP contribution < -0.4 is 11.1 Å². The number of carbonyl (C=O) groups excluding carboxylic acids is 1. The summed E-state index contributed by atoms with van der Waals surface area (Å²) in [7, 11) is 0. The highest BCUT2D eigenvalue weighted by atomic mass is 35.5. The molecule has 0 radical (unpaired) electrons. The molecule has 1 unspecified atom stereocenters. The number of hydrogen-bond donors (Lipinski definition) is 2. The summed E-state index contributed by atoms with van der Waals surface area (Å²) in [5, 5.41) is 8.04. The second kappa shape index (κ2) is 8.86. The molecule has 3 rings (SSSR count). The highest BCUT2D eigenvalue weighted by molar-refractivity contribution is 7.08. The highest BCUT2D eigenvalue weighted by Gasteiger charge is 2.33. The summed E-state index contributed by atoms with van der Waals surface area (Å²) in [6.45, 7) is 0.585. The van der Waals surface area contributed by atoms with Gasteiger partial charge in [0.25, 0.3) is 0 Å². The Morgan fingerprint density at radius 2 is 2.00 bits per heavy atom. The second-order valence-electron chi connectivity index (χ2n) is 6.08. The minimum atomic E-state index is -0.134. The summed E-state index contributed by atoms with van der Waals surface area (Å²) >= 11 is 7.62. The zero-order valence-corrected chi connectivity index (χ0v) is 15.7. The standard InChI is InChI=1S/C18H21ClN2OS.ClH/c19-15-6-4-12(5-7-15)17(14-8-9-23-11-14)21-18(22)16-3-1-2-13(16)10-20;/h4-9,11,13,16-17H,1-3,10,20H2,(H,21,22);1H/t13-,16-,17?;/m1./s1. The van der Waals surface area contributed by atoms with Gasteiger partial charge in [0.2, 0.25) is 5.91 Å². The lowest BCUT2D eigenvalue weighted by Crippen LogP contribution is -2.37. The predicted octanol–water partition coefficient (Wildman–Crippen LogP) is 4.40. The number of halogens is 2. The summed E-state index contributed by atoms with van der Waals surface area (Å²) in [5.74, 6) is 0.459. The third kappa shape index (κ3) is 4.31. The summed E-state index contributed by atoms with van der Waals surface area (Å²) in [4.78, 5) is 12.8. The van der Waals surface area contributed by atoms with Crippen molar-refractivity contribution in [1.82, 2.24) is 5.32 Å². The van der Waals surface area contributed by atoms with Crippen LogP contribution in [-0.4, -0.2) is 12.5 Å². The molecule has 1 aliphatic rings. The van der Waals surface area contributed by atoms with E-state index in [0.29, 0.717) is 17.5 Å². The molecule has 0 aliphatic heterocycles. The fraction of sp³-hybridized carbons (Fsp3) is 0.389. The van der Waals surface area contributed by atoms with Gasteiger partial charge in [0.15, 0.2) is 0 Å². The van der Waals surface area contributed by atoms with Gasteiger partial charge in [0.05, 0.1) is 6.04 Å². The first-order valence-electron chi connectivity index (χ1n) is 7.97. The van der Waals surface area contributed by atoms with Crippen molar-refractivity contribution in [3.63, 3.8) is 0 Å². The van der Waals surface area contributed by atoms with E-state index in [4.69, 9.17) is 17.3 Å². The number of hydrogen-bond acceptors (Lipinski definition) is 3. The van der Waals surface area contributed by atoms with E-state index in [-0.39, 0.29) is 30.3 Å². The van der Waals surface area contributed by atoms with Crippen molar-refractivity contribution in [1.29, 1.82) is 0 Å². The third-order valence-corrected chi connectivity index (χ3v) is 5.62. The molecule has 1 aromatic heterocycles. The fourth-order valence-corrected chi connectivity index (χ4v) is 4.18. The van der Waals surface area contributed by atoms with Crippen molar-refractivity contribution >= 4 is 41.3 Å². The zero-order chi connectivity index (χ0) is 16.2. The molecule has 1 aromatic carbocycles. The van der Waals surface area contributed by atoms with Crippen LogP contribution in [0.2, 0.25) is 5.02 Å². The molecule has 3 atom stereocenters. The first-order valence-corrected chi connectivity index (χ1v) is 9.29. The van der Waals surface area contributed by atoms with E-state index in [1.807, 2.05) is 29.6 Å². The van der Waals surface area contributed by atoms with Crippen LogP contribution in [0.3, 0.4) is 0 Å². The number of thiophene rings is 1. The molecule has 1 fully saturated rings. The lowest BCUT2D eigenvalue weighted by molar-refractivity contribution is -0.126. The van der Waals surface area contributed by atoms with Crippen LogP contribution >= 0.6 is 35.3 Å². The van der Waals surface area contributed by atoms with Crippen LogP contribution in [0.25, 0.3) is 0 Å². The van der Waals surface area contributed by atoms with E-state index in [2.05, 4.69) is 16.8 Å². The van der Waals surface area contributed by atoms with E-state index in [1.165, 1.54) is 0 Å². The van der Waals surface area contributed by atoms with Gasteiger partial charge >= 0.3 is 0 Å². The number of nitrogens with one attached hydrogen (secondary N) is 1. The molecule has 3 nitrogen and oxygen atoms in total. The number of rotatable bonds is 5. The molecule has 130 valence electrons. The van der Waals surface area contributed by atoms with Gasteiger partial charge in [-0.2, -0.15) is 11.3 Å². The van der Waals surface area contributed by atoms with Crippen molar-refractivity contribution in [2.24, 2.45) is 17.6 Å². The van der Waals surface area contributed by atoms with Gasteiger partial charge in [0.1, 0.15) is 0 Å². The topological polar surface area (TPSA) is 55.1 Å². The lowest BCUT2D eigenvalue weighted by atomic mass is 9.93. The Kier molecular flexibility index (Phi) is 7.11. The molecule has 0 bridgehead atoms. The summed E-state index contributed by atoms with van der Waals surface area (Å²) in [5.41, 5.74) is 7.97. The van der Waals surface area contributed by atoms with Gasteiger partial charge in [0, 0.05) is 10.9 Å². The maximum absolute atomic E-state index is 12.8. The summed E-state index contributed by atoms with van der Waals surface area (Å²) in [6, 6.07) is 9.59. The number of amides is 1. The third-order valence-electron chi connectivity index (χ3n) is 4.67. The van der Waals surface area contributed by atoms with Crippen LogP contribution in [0.15, 0.2) is 41.1 Å². The normalized spacial score (nSPS) is 21.1. The molecule has 1 aliphatic carbocycles. The molecule has 1 amide bonds. The highest BCUT2D eigenvalue weighted by Crippen LogP contribution is 2.33. The van der Waals surface area contributed by atoms with Crippen molar-refractivity contribution in [2.45, 2.75) is 25.3 Å². The monoisotopic (exact) mass is 384 g/mol. The average Bonchev–Trinajstić information content (AvgIpc) is 3.24. The molecular formula is C18H22Cl2N2OS. The van der Waals surface area contributed by atoms with E-state index < -0.39 is 0 Å². The van der Waals surface area contributed by atoms with E-state index in [0.717, 1.165) is 30.4 Å². The van der Waals surface area contributed by atoms with Crippen LogP contribution in [0, 0.1) is 11.8 Å². The number of benzene rings is 1. The summed E-state index contributed by atoms with van der Waals surface area (Å²) in [6.07, 6.45) is 3.08. The van der Waals surface area contributed by atoms with Crippen molar-refractivity contribution in [3.8, 4) is 0 Å². The minimum Gasteiger partial charge on any atom is -0.345 e. The van der Waals surface area contributed by atoms with E-state index >= 15 is 0 Å². The molecule has 0 saturated heterocycles. The Bertz CT molecular complexity index is 646. The zero-order valence-electron chi connectivity index (χ0n) is 13.3. The Labute approximate surface area is 158 Å². The van der Waals surface area contributed by atoms with Gasteiger partial charge in [-0.15, -0.1) is 12.4 Å². The van der Waals surface area contributed by atoms with Crippen LogP contribution in [0.1, 0.15) is 36.4 Å².